The number of ether oxygens (including phenoxy) is 1. The van der Waals surface area contributed by atoms with E-state index in [0.29, 0.717) is 6.42 Å². The molecule has 0 saturated heterocycles. The largest absolute Gasteiger partial charge is 0.463 e. The Balaban J connectivity index is 2.03. The zero-order chi connectivity index (χ0) is 18.1. The van der Waals surface area contributed by atoms with Gasteiger partial charge in [-0.2, -0.15) is 0 Å². The predicted molar refractivity (Wildman–Crippen MR) is 93.9 cm³/mol. The molecule has 2 aromatic rings. The highest BCUT2D eigenvalue weighted by atomic mass is 16.5. The van der Waals surface area contributed by atoms with E-state index in [1.165, 1.54) is 7.11 Å². The minimum atomic E-state index is -0.893. The molecule has 0 fully saturated rings. The second-order valence-electron chi connectivity index (χ2n) is 5.74. The van der Waals surface area contributed by atoms with Crippen LogP contribution in [-0.2, 0) is 32.0 Å². The third-order valence-electron chi connectivity index (χ3n) is 3.74. The van der Waals surface area contributed by atoms with E-state index in [2.05, 4.69) is 10.1 Å². The van der Waals surface area contributed by atoms with Crippen molar-refractivity contribution < 1.29 is 19.1 Å². The highest BCUT2D eigenvalue weighted by Gasteiger charge is 2.22. The first-order chi connectivity index (χ1) is 12.1. The Hall–Kier alpha value is -2.95. The Morgan fingerprint density at radius 3 is 2.04 bits per heavy atom. The molecule has 5 nitrogen and oxygen atoms in total. The smallest absolute Gasteiger partial charge is 0.374 e. The predicted octanol–water partition coefficient (Wildman–Crippen LogP) is 2.09. The lowest BCUT2D eigenvalue weighted by Gasteiger charge is -2.18. The van der Waals surface area contributed by atoms with Crippen LogP contribution in [0, 0.1) is 0 Å². The van der Waals surface area contributed by atoms with Gasteiger partial charge in [-0.05, 0) is 17.5 Å². The van der Waals surface area contributed by atoms with Crippen molar-refractivity contribution in [3.05, 3.63) is 71.8 Å². The Labute approximate surface area is 147 Å². The SMILES string of the molecule is COC(=O)C(=O)C[C@@H](Cc1ccccc1)NC(=O)Cc1ccccc1. The van der Waals surface area contributed by atoms with Crippen LogP contribution in [-0.4, -0.2) is 30.8 Å². The molecule has 0 saturated carbocycles. The van der Waals surface area contributed by atoms with E-state index in [0.717, 1.165) is 11.1 Å². The summed E-state index contributed by atoms with van der Waals surface area (Å²) in [5.74, 6) is -1.73. The van der Waals surface area contributed by atoms with E-state index in [-0.39, 0.29) is 18.7 Å². The number of hydrogen-bond acceptors (Lipinski definition) is 4. The number of amides is 1. The molecule has 25 heavy (non-hydrogen) atoms. The fourth-order valence-electron chi connectivity index (χ4n) is 2.55. The molecule has 5 heteroatoms. The van der Waals surface area contributed by atoms with E-state index in [1.54, 1.807) is 0 Å². The summed E-state index contributed by atoms with van der Waals surface area (Å²) >= 11 is 0. The molecule has 1 N–H and O–H groups in total. The zero-order valence-corrected chi connectivity index (χ0v) is 14.1. The third kappa shape index (κ3) is 6.22. The fraction of sp³-hybridized carbons (Fsp3) is 0.250. The van der Waals surface area contributed by atoms with Crippen molar-refractivity contribution in [3.8, 4) is 0 Å². The maximum absolute atomic E-state index is 12.3. The van der Waals surface area contributed by atoms with Gasteiger partial charge >= 0.3 is 5.97 Å². The van der Waals surface area contributed by atoms with Gasteiger partial charge in [-0.3, -0.25) is 9.59 Å². The highest BCUT2D eigenvalue weighted by Crippen LogP contribution is 2.08. The second-order valence-corrected chi connectivity index (χ2v) is 5.74. The Bertz CT molecular complexity index is 713. The number of methoxy groups -OCH3 is 1. The van der Waals surface area contributed by atoms with Gasteiger partial charge in [-0.25, -0.2) is 4.79 Å². The summed E-state index contributed by atoms with van der Waals surface area (Å²) in [6, 6.07) is 18.4. The molecular formula is C20H21NO4. The van der Waals surface area contributed by atoms with Crippen LogP contribution < -0.4 is 5.32 Å². The number of carbonyl (C=O) groups excluding carboxylic acids is 3. The molecule has 1 amide bonds. The molecule has 0 bridgehead atoms. The van der Waals surface area contributed by atoms with Gasteiger partial charge in [-0.15, -0.1) is 0 Å². The molecule has 0 spiro atoms. The number of rotatable bonds is 8. The minimum absolute atomic E-state index is 0.0951. The lowest BCUT2D eigenvalue weighted by molar-refractivity contribution is -0.152. The third-order valence-corrected chi connectivity index (χ3v) is 3.74. The summed E-state index contributed by atoms with van der Waals surface area (Å²) in [5, 5.41) is 2.86. The van der Waals surface area contributed by atoms with E-state index in [4.69, 9.17) is 0 Å². The summed E-state index contributed by atoms with van der Waals surface area (Å²) in [6.45, 7) is 0. The Kier molecular flexibility index (Phi) is 6.89. The lowest BCUT2D eigenvalue weighted by atomic mass is 10.0. The molecule has 0 aromatic heterocycles. The van der Waals surface area contributed by atoms with E-state index < -0.39 is 17.8 Å². The molecule has 0 unspecified atom stereocenters. The Morgan fingerprint density at radius 1 is 0.920 bits per heavy atom. The average Bonchev–Trinajstić information content (AvgIpc) is 2.62. The minimum Gasteiger partial charge on any atom is -0.463 e. The fourth-order valence-corrected chi connectivity index (χ4v) is 2.55. The summed E-state index contributed by atoms with van der Waals surface area (Å²) in [4.78, 5) is 35.6. The Morgan fingerprint density at radius 2 is 1.48 bits per heavy atom. The topological polar surface area (TPSA) is 72.5 Å². The quantitative estimate of drug-likeness (QED) is 0.590. The second kappa shape index (κ2) is 9.37. The van der Waals surface area contributed by atoms with Crippen molar-refractivity contribution >= 4 is 17.7 Å². The molecule has 0 heterocycles. The molecule has 0 radical (unpaired) electrons. The number of ketones is 1. The molecule has 0 aliphatic carbocycles. The van der Waals surface area contributed by atoms with Crippen molar-refractivity contribution in [2.24, 2.45) is 0 Å². The molecule has 1 atom stereocenters. The van der Waals surface area contributed by atoms with Crippen LogP contribution in [0.3, 0.4) is 0 Å². The van der Waals surface area contributed by atoms with E-state index in [9.17, 15) is 14.4 Å². The standard InChI is InChI=1S/C20H21NO4/c1-25-20(24)18(22)14-17(12-15-8-4-2-5-9-15)21-19(23)13-16-10-6-3-7-11-16/h2-11,17H,12-14H2,1H3,(H,21,23)/t17-/m1/s1. The van der Waals surface area contributed by atoms with Gasteiger partial charge in [-0.1, -0.05) is 60.7 Å². The summed E-state index contributed by atoms with van der Waals surface area (Å²) in [7, 11) is 1.17. The first-order valence-corrected chi connectivity index (χ1v) is 8.07. The first-order valence-electron chi connectivity index (χ1n) is 8.07. The summed E-state index contributed by atoms with van der Waals surface area (Å²) in [6.07, 6.45) is 0.588. The lowest BCUT2D eigenvalue weighted by Crippen LogP contribution is -2.40. The summed E-state index contributed by atoms with van der Waals surface area (Å²) < 4.78 is 4.46. The molecule has 130 valence electrons. The summed E-state index contributed by atoms with van der Waals surface area (Å²) in [5.41, 5.74) is 1.86. The maximum Gasteiger partial charge on any atom is 0.374 e. The van der Waals surface area contributed by atoms with Crippen molar-refractivity contribution in [2.75, 3.05) is 7.11 Å². The van der Waals surface area contributed by atoms with Crippen molar-refractivity contribution in [3.63, 3.8) is 0 Å². The van der Waals surface area contributed by atoms with Gasteiger partial charge < -0.3 is 10.1 Å². The number of esters is 1. The number of benzene rings is 2. The van der Waals surface area contributed by atoms with Gasteiger partial charge in [0.1, 0.15) is 0 Å². The number of hydrogen-bond donors (Lipinski definition) is 1. The zero-order valence-electron chi connectivity index (χ0n) is 14.1. The van der Waals surface area contributed by atoms with Crippen LogP contribution in [0.2, 0.25) is 0 Å². The van der Waals surface area contributed by atoms with E-state index >= 15 is 0 Å². The van der Waals surface area contributed by atoms with Gasteiger partial charge in [0.15, 0.2) is 0 Å². The van der Waals surface area contributed by atoms with Gasteiger partial charge in [0, 0.05) is 12.5 Å². The van der Waals surface area contributed by atoms with Gasteiger partial charge in [0.2, 0.25) is 11.7 Å². The monoisotopic (exact) mass is 339 g/mol. The van der Waals surface area contributed by atoms with Crippen molar-refractivity contribution in [2.45, 2.75) is 25.3 Å². The van der Waals surface area contributed by atoms with Gasteiger partial charge in [0.25, 0.3) is 0 Å². The highest BCUT2D eigenvalue weighted by molar-refractivity contribution is 6.33. The average molecular weight is 339 g/mol. The first kappa shape index (κ1) is 18.4. The molecule has 0 aliphatic heterocycles. The number of carbonyl (C=O) groups is 3. The van der Waals surface area contributed by atoms with Crippen molar-refractivity contribution in [1.82, 2.24) is 5.32 Å². The number of Topliss-reactive ketones (excluding diaryl/α,β-unsaturated/α-hetero) is 1. The number of nitrogens with one attached hydrogen (secondary N) is 1. The van der Waals surface area contributed by atoms with E-state index in [1.807, 2.05) is 60.7 Å². The molecule has 0 aliphatic rings. The molecule has 2 aromatic carbocycles. The van der Waals surface area contributed by atoms with Crippen molar-refractivity contribution in [1.29, 1.82) is 0 Å². The van der Waals surface area contributed by atoms with Crippen LogP contribution in [0.4, 0.5) is 0 Å². The molecular weight excluding hydrogens is 318 g/mol. The molecule has 2 rings (SSSR count). The van der Waals surface area contributed by atoms with Crippen LogP contribution in [0.25, 0.3) is 0 Å². The van der Waals surface area contributed by atoms with Crippen LogP contribution in [0.1, 0.15) is 17.5 Å². The van der Waals surface area contributed by atoms with Gasteiger partial charge in [0.05, 0.1) is 13.5 Å². The van der Waals surface area contributed by atoms with Crippen LogP contribution in [0.15, 0.2) is 60.7 Å². The van der Waals surface area contributed by atoms with Crippen LogP contribution >= 0.6 is 0 Å². The maximum atomic E-state index is 12.3. The normalized spacial score (nSPS) is 11.4. The van der Waals surface area contributed by atoms with Crippen LogP contribution in [0.5, 0.6) is 0 Å².